The summed E-state index contributed by atoms with van der Waals surface area (Å²) in [7, 11) is 0. The summed E-state index contributed by atoms with van der Waals surface area (Å²) in [5, 5.41) is 4.98. The molecule has 0 bridgehead atoms. The first kappa shape index (κ1) is 31.1. The van der Waals surface area contributed by atoms with Crippen LogP contribution in [0.5, 0.6) is 0 Å². The Kier molecular flexibility index (Phi) is 7.71. The summed E-state index contributed by atoms with van der Waals surface area (Å²) < 4.78 is 2.59. The topological polar surface area (TPSA) is 25.8 Å². The Morgan fingerprint density at radius 3 is 1.68 bits per heavy atom. The van der Waals surface area contributed by atoms with Crippen LogP contribution in [0.1, 0.15) is 0 Å². The molecule has 53 heavy (non-hydrogen) atoms. The second-order valence-electron chi connectivity index (χ2n) is 13.4. The van der Waals surface area contributed by atoms with Crippen molar-refractivity contribution in [2.24, 2.45) is 0 Å². The fourth-order valence-electron chi connectivity index (χ4n) is 7.37. The SMILES string of the molecule is c1ccc(-c2ccc(-c3cc(-c4cc(-c5ccc6ccccc6c5)nc(-c5ccccc5)n4)cc(-c4cccc5c4sc4ccccc45)c3)cc2)cc1. The molecule has 0 unspecified atom stereocenters. The van der Waals surface area contributed by atoms with Crippen molar-refractivity contribution in [2.45, 2.75) is 0 Å². The molecule has 8 aromatic carbocycles. The summed E-state index contributed by atoms with van der Waals surface area (Å²) in [6.45, 7) is 0. The van der Waals surface area contributed by atoms with E-state index in [0.717, 1.165) is 44.8 Å². The molecule has 0 atom stereocenters. The van der Waals surface area contributed by atoms with E-state index in [1.54, 1.807) is 0 Å². The van der Waals surface area contributed by atoms with E-state index in [9.17, 15) is 0 Å². The van der Waals surface area contributed by atoms with Gasteiger partial charge in [0.2, 0.25) is 0 Å². The highest BCUT2D eigenvalue weighted by atomic mass is 32.1. The van der Waals surface area contributed by atoms with Gasteiger partial charge in [-0.3, -0.25) is 0 Å². The Labute approximate surface area is 312 Å². The minimum absolute atomic E-state index is 0.706. The molecule has 0 aliphatic carbocycles. The summed E-state index contributed by atoms with van der Waals surface area (Å²) in [5.74, 6) is 0.706. The van der Waals surface area contributed by atoms with Crippen molar-refractivity contribution < 1.29 is 0 Å². The van der Waals surface area contributed by atoms with Crippen LogP contribution in [-0.4, -0.2) is 9.97 Å². The summed E-state index contributed by atoms with van der Waals surface area (Å²) in [5.41, 5.74) is 12.0. The maximum absolute atomic E-state index is 5.27. The third kappa shape index (κ3) is 5.87. The van der Waals surface area contributed by atoms with E-state index in [1.807, 2.05) is 29.5 Å². The second kappa shape index (κ2) is 13.1. The van der Waals surface area contributed by atoms with Crippen LogP contribution in [0.3, 0.4) is 0 Å². The molecule has 2 heterocycles. The number of rotatable bonds is 6. The minimum Gasteiger partial charge on any atom is -0.228 e. The van der Waals surface area contributed by atoms with Crippen molar-refractivity contribution in [2.75, 3.05) is 0 Å². The van der Waals surface area contributed by atoms with Gasteiger partial charge in [-0.2, -0.15) is 0 Å². The zero-order valence-corrected chi connectivity index (χ0v) is 29.6. The molecular weight excluding hydrogens is 661 g/mol. The lowest BCUT2D eigenvalue weighted by Gasteiger charge is -2.14. The van der Waals surface area contributed by atoms with Crippen molar-refractivity contribution >= 4 is 42.3 Å². The predicted molar refractivity (Wildman–Crippen MR) is 225 cm³/mol. The number of hydrogen-bond acceptors (Lipinski definition) is 3. The van der Waals surface area contributed by atoms with Gasteiger partial charge < -0.3 is 0 Å². The molecule has 0 aliphatic rings. The molecule has 2 nitrogen and oxygen atoms in total. The van der Waals surface area contributed by atoms with Crippen LogP contribution >= 0.6 is 11.3 Å². The summed E-state index contributed by atoms with van der Waals surface area (Å²) in [6, 6.07) is 69.3. The molecule has 10 rings (SSSR count). The van der Waals surface area contributed by atoms with Gasteiger partial charge in [-0.05, 0) is 80.6 Å². The van der Waals surface area contributed by atoms with Gasteiger partial charge in [0.05, 0.1) is 11.4 Å². The second-order valence-corrected chi connectivity index (χ2v) is 14.5. The first-order valence-corrected chi connectivity index (χ1v) is 18.7. The number of aromatic nitrogens is 2. The highest BCUT2D eigenvalue weighted by Crippen LogP contribution is 2.42. The standard InChI is InChI=1S/C50H32N2S/c1-3-12-33(13-4-1)35-22-24-36(25-23-35)40-29-41(43-19-11-20-45-44-18-9-10-21-48(44)53-49(43)45)31-42(30-40)47-32-46(51-50(52-47)37-15-5-2-6-16-37)39-27-26-34-14-7-8-17-38(34)28-39/h1-32H. The smallest absolute Gasteiger partial charge is 0.160 e. The van der Waals surface area contributed by atoms with Crippen LogP contribution in [0.15, 0.2) is 194 Å². The van der Waals surface area contributed by atoms with Gasteiger partial charge in [-0.25, -0.2) is 9.97 Å². The zero-order chi connectivity index (χ0) is 35.1. The van der Waals surface area contributed by atoms with Crippen LogP contribution in [0.25, 0.3) is 98.2 Å². The van der Waals surface area contributed by atoms with E-state index < -0.39 is 0 Å². The molecule has 0 spiro atoms. The van der Waals surface area contributed by atoms with Gasteiger partial charge in [0.25, 0.3) is 0 Å². The Morgan fingerprint density at radius 1 is 0.321 bits per heavy atom. The van der Waals surface area contributed by atoms with E-state index in [1.165, 1.54) is 47.6 Å². The van der Waals surface area contributed by atoms with Gasteiger partial charge >= 0.3 is 0 Å². The Morgan fingerprint density at radius 2 is 0.887 bits per heavy atom. The molecule has 3 heteroatoms. The third-order valence-corrected chi connectivity index (χ3v) is 11.3. The first-order chi connectivity index (χ1) is 26.2. The largest absolute Gasteiger partial charge is 0.228 e. The van der Waals surface area contributed by atoms with Gasteiger partial charge in [0.1, 0.15) is 0 Å². The third-order valence-electron chi connectivity index (χ3n) is 10.1. The lowest BCUT2D eigenvalue weighted by Crippen LogP contribution is -1.96. The molecule has 0 fully saturated rings. The number of nitrogens with zero attached hydrogens (tertiary/aromatic N) is 2. The van der Waals surface area contributed by atoms with Crippen LogP contribution in [0.2, 0.25) is 0 Å². The molecule has 2 aromatic heterocycles. The van der Waals surface area contributed by atoms with Crippen LogP contribution in [0.4, 0.5) is 0 Å². The normalized spacial score (nSPS) is 11.4. The summed E-state index contributed by atoms with van der Waals surface area (Å²) in [6.07, 6.45) is 0. The van der Waals surface area contributed by atoms with Crippen LogP contribution in [-0.2, 0) is 0 Å². The lowest BCUT2D eigenvalue weighted by molar-refractivity contribution is 1.18. The van der Waals surface area contributed by atoms with E-state index in [0.29, 0.717) is 5.82 Å². The number of hydrogen-bond donors (Lipinski definition) is 0. The monoisotopic (exact) mass is 692 g/mol. The molecule has 0 radical (unpaired) electrons. The van der Waals surface area contributed by atoms with Crippen molar-refractivity contribution in [3.8, 4) is 67.3 Å². The Bertz CT molecular complexity index is 2930. The maximum Gasteiger partial charge on any atom is 0.160 e. The number of fused-ring (bicyclic) bond motifs is 4. The molecule has 0 aliphatic heterocycles. The average Bonchev–Trinajstić information content (AvgIpc) is 3.63. The molecule has 10 aromatic rings. The van der Waals surface area contributed by atoms with Crippen molar-refractivity contribution in [1.82, 2.24) is 9.97 Å². The lowest BCUT2D eigenvalue weighted by atomic mass is 9.93. The van der Waals surface area contributed by atoms with Gasteiger partial charge in [0.15, 0.2) is 5.82 Å². The summed E-state index contributed by atoms with van der Waals surface area (Å²) >= 11 is 1.86. The average molecular weight is 693 g/mol. The van der Waals surface area contributed by atoms with Crippen LogP contribution < -0.4 is 0 Å². The zero-order valence-electron chi connectivity index (χ0n) is 28.8. The highest BCUT2D eigenvalue weighted by Gasteiger charge is 2.16. The molecule has 0 saturated heterocycles. The Hall–Kier alpha value is -6.68. The fourth-order valence-corrected chi connectivity index (χ4v) is 8.60. The summed E-state index contributed by atoms with van der Waals surface area (Å²) in [4.78, 5) is 10.4. The molecule has 0 saturated carbocycles. The molecule has 0 amide bonds. The van der Waals surface area contributed by atoms with Crippen molar-refractivity contribution in [3.05, 3.63) is 194 Å². The number of thiophene rings is 1. The van der Waals surface area contributed by atoms with Crippen molar-refractivity contribution in [3.63, 3.8) is 0 Å². The highest BCUT2D eigenvalue weighted by molar-refractivity contribution is 7.26. The first-order valence-electron chi connectivity index (χ1n) is 17.9. The van der Waals surface area contributed by atoms with Gasteiger partial charge in [-0.15, -0.1) is 11.3 Å². The predicted octanol–water partition coefficient (Wildman–Crippen LogP) is 14.0. The fraction of sp³-hybridized carbons (Fsp3) is 0. The maximum atomic E-state index is 5.27. The molecule has 248 valence electrons. The van der Waals surface area contributed by atoms with E-state index >= 15 is 0 Å². The minimum atomic E-state index is 0.706. The van der Waals surface area contributed by atoms with Gasteiger partial charge in [-0.1, -0.05) is 158 Å². The van der Waals surface area contributed by atoms with Gasteiger partial charge in [0, 0.05) is 36.9 Å². The van der Waals surface area contributed by atoms with E-state index in [-0.39, 0.29) is 0 Å². The Balaban J connectivity index is 1.19. The van der Waals surface area contributed by atoms with E-state index in [4.69, 9.17) is 9.97 Å². The molecular formula is C50H32N2S. The number of benzene rings is 8. The van der Waals surface area contributed by atoms with E-state index in [2.05, 4.69) is 176 Å². The van der Waals surface area contributed by atoms with Crippen LogP contribution in [0, 0.1) is 0 Å². The molecule has 0 N–H and O–H groups in total. The quantitative estimate of drug-likeness (QED) is 0.173. The van der Waals surface area contributed by atoms with Crippen molar-refractivity contribution in [1.29, 1.82) is 0 Å².